The molecule has 2 heterocycles. The van der Waals surface area contributed by atoms with Gasteiger partial charge >= 0.3 is 0 Å². The van der Waals surface area contributed by atoms with E-state index < -0.39 is 0 Å². The van der Waals surface area contributed by atoms with Crippen molar-refractivity contribution in [2.75, 3.05) is 45.2 Å². The molecule has 2 aromatic rings. The summed E-state index contributed by atoms with van der Waals surface area (Å²) in [5.41, 5.74) is 2.99. The molecular weight excluding hydrogens is 364 g/mol. The predicted octanol–water partition coefficient (Wildman–Crippen LogP) is 2.81. The Morgan fingerprint density at radius 2 is 1.96 bits per heavy atom. The quantitative estimate of drug-likeness (QED) is 0.771. The number of carbonyl (C=O) groups is 1. The second-order valence-electron chi connectivity index (χ2n) is 6.76. The van der Waals surface area contributed by atoms with Crippen LogP contribution in [0.5, 0.6) is 5.75 Å². The first-order chi connectivity index (χ1) is 13.0. The van der Waals surface area contributed by atoms with Gasteiger partial charge in [0.25, 0.3) is 0 Å². The maximum atomic E-state index is 12.3. The lowest BCUT2D eigenvalue weighted by atomic mass is 10.1. The molecule has 7 heteroatoms. The number of halogens is 1. The number of pyridine rings is 1. The summed E-state index contributed by atoms with van der Waals surface area (Å²) in [4.78, 5) is 20.8. The third-order valence-corrected chi connectivity index (χ3v) is 5.00. The van der Waals surface area contributed by atoms with E-state index in [1.807, 2.05) is 6.07 Å². The highest BCUT2D eigenvalue weighted by Gasteiger charge is 2.20. The van der Waals surface area contributed by atoms with Gasteiger partial charge in [-0.25, -0.2) is 4.98 Å². The van der Waals surface area contributed by atoms with Gasteiger partial charge in [0.15, 0.2) is 5.15 Å². The number of benzene rings is 1. The van der Waals surface area contributed by atoms with Crippen molar-refractivity contribution in [3.05, 3.63) is 52.8 Å². The number of piperazine rings is 1. The number of rotatable bonds is 6. The van der Waals surface area contributed by atoms with Crippen LogP contribution in [-0.4, -0.2) is 60.5 Å². The van der Waals surface area contributed by atoms with Gasteiger partial charge in [-0.1, -0.05) is 29.3 Å². The van der Waals surface area contributed by atoms with Crippen LogP contribution in [0.25, 0.3) is 0 Å². The number of methoxy groups -OCH3 is 1. The van der Waals surface area contributed by atoms with Gasteiger partial charge in [0.2, 0.25) is 5.91 Å². The topological polar surface area (TPSA) is 57.7 Å². The monoisotopic (exact) mass is 388 g/mol. The Morgan fingerprint density at radius 3 is 2.67 bits per heavy atom. The Bertz CT molecular complexity index is 791. The van der Waals surface area contributed by atoms with Crippen LogP contribution in [0, 0.1) is 6.92 Å². The smallest absolute Gasteiger partial charge is 0.238 e. The number of aryl methyl sites for hydroxylation is 1. The zero-order chi connectivity index (χ0) is 19.2. The Labute approximate surface area is 165 Å². The van der Waals surface area contributed by atoms with E-state index in [0.717, 1.165) is 38.5 Å². The molecule has 3 rings (SSSR count). The Balaban J connectivity index is 1.48. The van der Waals surface area contributed by atoms with Gasteiger partial charge in [0.05, 0.1) is 19.3 Å². The van der Waals surface area contributed by atoms with Crippen LogP contribution in [0.4, 0.5) is 5.69 Å². The Morgan fingerprint density at radius 1 is 1.22 bits per heavy atom. The molecule has 1 aromatic heterocycles. The first-order valence-electron chi connectivity index (χ1n) is 9.04. The van der Waals surface area contributed by atoms with Gasteiger partial charge < -0.3 is 10.1 Å². The maximum absolute atomic E-state index is 12.3. The lowest BCUT2D eigenvalue weighted by Gasteiger charge is -2.34. The highest BCUT2D eigenvalue weighted by molar-refractivity contribution is 6.32. The number of aromatic nitrogens is 1. The minimum atomic E-state index is -0.0706. The van der Waals surface area contributed by atoms with Crippen molar-refractivity contribution >= 4 is 23.2 Å². The van der Waals surface area contributed by atoms with Gasteiger partial charge in [-0.2, -0.15) is 0 Å². The second kappa shape index (κ2) is 9.17. The molecule has 0 saturated carbocycles. The first-order valence-corrected chi connectivity index (χ1v) is 9.41. The van der Waals surface area contributed by atoms with E-state index in [-0.39, 0.29) is 5.91 Å². The van der Waals surface area contributed by atoms with E-state index >= 15 is 0 Å². The molecule has 0 bridgehead atoms. The first kappa shape index (κ1) is 19.6. The summed E-state index contributed by atoms with van der Waals surface area (Å²) in [5, 5.41) is 3.13. The van der Waals surface area contributed by atoms with E-state index in [4.69, 9.17) is 16.3 Å². The van der Waals surface area contributed by atoms with Crippen LogP contribution in [0.3, 0.4) is 0 Å². The predicted molar refractivity (Wildman–Crippen MR) is 107 cm³/mol. The lowest BCUT2D eigenvalue weighted by Crippen LogP contribution is -2.48. The summed E-state index contributed by atoms with van der Waals surface area (Å²) in [6.07, 6.45) is 1.60. The Kier molecular flexibility index (Phi) is 6.66. The number of nitrogens with one attached hydrogen (secondary N) is 1. The fraction of sp³-hybridized carbons (Fsp3) is 0.400. The van der Waals surface area contributed by atoms with Crippen LogP contribution >= 0.6 is 11.6 Å². The zero-order valence-corrected chi connectivity index (χ0v) is 16.5. The molecular formula is C20H25ClN4O2. The molecule has 1 aliphatic rings. The second-order valence-corrected chi connectivity index (χ2v) is 7.12. The average Bonchev–Trinajstić information content (AvgIpc) is 2.65. The summed E-state index contributed by atoms with van der Waals surface area (Å²) in [6, 6.07) is 9.76. The van der Waals surface area contributed by atoms with Crippen molar-refractivity contribution in [2.24, 2.45) is 0 Å². The van der Waals surface area contributed by atoms with Gasteiger partial charge in [0.1, 0.15) is 5.75 Å². The maximum Gasteiger partial charge on any atom is 0.238 e. The molecule has 0 spiro atoms. The largest absolute Gasteiger partial charge is 0.496 e. The van der Waals surface area contributed by atoms with E-state index in [9.17, 15) is 4.79 Å². The molecule has 1 aromatic carbocycles. The number of ether oxygens (including phenoxy) is 1. The van der Waals surface area contributed by atoms with Gasteiger partial charge in [-0.05, 0) is 25.1 Å². The average molecular weight is 389 g/mol. The number of amides is 1. The molecule has 1 fully saturated rings. The third-order valence-electron chi connectivity index (χ3n) is 4.70. The minimum absolute atomic E-state index is 0.0706. The van der Waals surface area contributed by atoms with E-state index in [1.54, 1.807) is 25.4 Å². The molecule has 1 aliphatic heterocycles. The standard InChI is InChI=1S/C20H25ClN4O2/c1-15-5-6-18(27-2)16(12-15)13-24-8-10-25(11-9-24)14-19(26)23-17-4-3-7-22-20(17)21/h3-7,12H,8-11,13-14H2,1-2H3,(H,23,26). The molecule has 1 N–H and O–H groups in total. The Hall–Kier alpha value is -2.15. The van der Waals surface area contributed by atoms with Crippen LogP contribution in [0.2, 0.25) is 5.15 Å². The van der Waals surface area contributed by atoms with Crippen molar-refractivity contribution in [3.63, 3.8) is 0 Å². The normalized spacial score (nSPS) is 15.5. The molecule has 144 valence electrons. The molecule has 1 amide bonds. The van der Waals surface area contributed by atoms with Crippen molar-refractivity contribution in [1.29, 1.82) is 0 Å². The molecule has 6 nitrogen and oxygen atoms in total. The van der Waals surface area contributed by atoms with Crippen LogP contribution in [0.1, 0.15) is 11.1 Å². The molecule has 0 atom stereocenters. The SMILES string of the molecule is COc1ccc(C)cc1CN1CCN(CC(=O)Nc2cccnc2Cl)CC1. The molecule has 27 heavy (non-hydrogen) atoms. The van der Waals surface area contributed by atoms with Crippen LogP contribution in [-0.2, 0) is 11.3 Å². The van der Waals surface area contributed by atoms with Crippen molar-refractivity contribution in [3.8, 4) is 5.75 Å². The van der Waals surface area contributed by atoms with Crippen molar-refractivity contribution < 1.29 is 9.53 Å². The van der Waals surface area contributed by atoms with Crippen molar-refractivity contribution in [1.82, 2.24) is 14.8 Å². The molecule has 0 radical (unpaired) electrons. The molecule has 0 unspecified atom stereocenters. The highest BCUT2D eigenvalue weighted by atomic mass is 35.5. The van der Waals surface area contributed by atoms with E-state index in [1.165, 1.54) is 11.1 Å². The number of hydrogen-bond acceptors (Lipinski definition) is 5. The van der Waals surface area contributed by atoms with E-state index in [2.05, 4.69) is 39.2 Å². The fourth-order valence-electron chi connectivity index (χ4n) is 3.25. The minimum Gasteiger partial charge on any atom is -0.496 e. The van der Waals surface area contributed by atoms with Crippen molar-refractivity contribution in [2.45, 2.75) is 13.5 Å². The highest BCUT2D eigenvalue weighted by Crippen LogP contribution is 2.22. The summed E-state index contributed by atoms with van der Waals surface area (Å²) in [6.45, 7) is 6.83. The molecule has 0 aliphatic carbocycles. The van der Waals surface area contributed by atoms with Gasteiger partial charge in [0, 0.05) is 44.5 Å². The number of hydrogen-bond donors (Lipinski definition) is 1. The number of nitrogens with zero attached hydrogens (tertiary/aromatic N) is 3. The van der Waals surface area contributed by atoms with Gasteiger partial charge in [-0.3, -0.25) is 14.6 Å². The molecule has 1 saturated heterocycles. The number of anilines is 1. The van der Waals surface area contributed by atoms with E-state index in [0.29, 0.717) is 17.4 Å². The summed E-state index contributed by atoms with van der Waals surface area (Å²) in [7, 11) is 1.71. The summed E-state index contributed by atoms with van der Waals surface area (Å²) < 4.78 is 5.48. The number of carbonyl (C=O) groups excluding carboxylic acids is 1. The lowest BCUT2D eigenvalue weighted by molar-refractivity contribution is -0.117. The van der Waals surface area contributed by atoms with Crippen LogP contribution in [0.15, 0.2) is 36.5 Å². The third kappa shape index (κ3) is 5.42. The summed E-state index contributed by atoms with van der Waals surface area (Å²) >= 11 is 5.99. The fourth-order valence-corrected chi connectivity index (χ4v) is 3.42. The van der Waals surface area contributed by atoms with Crippen LogP contribution < -0.4 is 10.1 Å². The summed E-state index contributed by atoms with van der Waals surface area (Å²) in [5.74, 6) is 0.856. The van der Waals surface area contributed by atoms with Gasteiger partial charge in [-0.15, -0.1) is 0 Å². The zero-order valence-electron chi connectivity index (χ0n) is 15.7.